The molecule has 0 radical (unpaired) electrons. The summed E-state index contributed by atoms with van der Waals surface area (Å²) in [6.07, 6.45) is 5.03. The van der Waals surface area contributed by atoms with E-state index in [4.69, 9.17) is 9.72 Å². The molecule has 4 heterocycles. The van der Waals surface area contributed by atoms with Crippen molar-refractivity contribution >= 4 is 21.9 Å². The number of morpholine rings is 1. The molecule has 1 amide bonds. The van der Waals surface area contributed by atoms with Crippen molar-refractivity contribution in [3.63, 3.8) is 0 Å². The zero-order valence-electron chi connectivity index (χ0n) is 16.2. The molecule has 10 heteroatoms. The van der Waals surface area contributed by atoms with Crippen molar-refractivity contribution < 1.29 is 17.9 Å². The molecule has 0 unspecified atom stereocenters. The molecular formula is C18H27N5O4S. The molecule has 3 aliphatic heterocycles. The predicted octanol–water partition coefficient (Wildman–Crippen LogP) is -0.130. The lowest BCUT2D eigenvalue weighted by molar-refractivity contribution is -0.137. The van der Waals surface area contributed by atoms with Crippen LogP contribution in [0.3, 0.4) is 0 Å². The van der Waals surface area contributed by atoms with Gasteiger partial charge in [0, 0.05) is 44.8 Å². The number of piperidine rings is 1. The van der Waals surface area contributed by atoms with Crippen LogP contribution in [0, 0.1) is 5.92 Å². The van der Waals surface area contributed by atoms with Crippen LogP contribution >= 0.6 is 0 Å². The van der Waals surface area contributed by atoms with E-state index < -0.39 is 10.0 Å². The Bertz CT molecular complexity index is 832. The van der Waals surface area contributed by atoms with Gasteiger partial charge in [0.1, 0.15) is 0 Å². The molecule has 1 aromatic heterocycles. The van der Waals surface area contributed by atoms with Crippen LogP contribution in [0.1, 0.15) is 24.1 Å². The van der Waals surface area contributed by atoms with Crippen LogP contribution in [0.2, 0.25) is 0 Å². The van der Waals surface area contributed by atoms with Gasteiger partial charge in [0.25, 0.3) is 0 Å². The minimum Gasteiger partial charge on any atom is -0.378 e. The Morgan fingerprint density at radius 3 is 2.54 bits per heavy atom. The topological polar surface area (TPSA) is 95.9 Å². The number of aromatic nitrogens is 2. The van der Waals surface area contributed by atoms with Gasteiger partial charge < -0.3 is 14.5 Å². The van der Waals surface area contributed by atoms with E-state index in [0.717, 1.165) is 30.8 Å². The van der Waals surface area contributed by atoms with E-state index in [1.165, 1.54) is 10.6 Å². The highest BCUT2D eigenvalue weighted by Gasteiger charge is 2.33. The van der Waals surface area contributed by atoms with Gasteiger partial charge in [-0.25, -0.2) is 22.7 Å². The summed E-state index contributed by atoms with van der Waals surface area (Å²) in [4.78, 5) is 26.2. The van der Waals surface area contributed by atoms with Gasteiger partial charge in [-0.2, -0.15) is 0 Å². The summed E-state index contributed by atoms with van der Waals surface area (Å²) in [5.74, 6) is 0.711. The van der Waals surface area contributed by atoms with Crippen molar-refractivity contribution in [2.75, 3.05) is 57.1 Å². The van der Waals surface area contributed by atoms with Gasteiger partial charge in [0.05, 0.1) is 31.7 Å². The highest BCUT2D eigenvalue weighted by molar-refractivity contribution is 7.88. The van der Waals surface area contributed by atoms with Crippen LogP contribution in [0.25, 0.3) is 0 Å². The zero-order valence-corrected chi connectivity index (χ0v) is 17.0. The van der Waals surface area contributed by atoms with Gasteiger partial charge in [-0.15, -0.1) is 0 Å². The fraction of sp³-hybridized carbons (Fsp3) is 0.722. The molecule has 154 valence electrons. The van der Waals surface area contributed by atoms with Gasteiger partial charge >= 0.3 is 0 Å². The molecule has 0 spiro atoms. The first kappa shape index (κ1) is 19.5. The number of carbonyl (C=O) groups excluding carboxylic acids is 1. The molecule has 1 aromatic rings. The second kappa shape index (κ2) is 7.92. The van der Waals surface area contributed by atoms with Crippen LogP contribution in [0.15, 0.2) is 6.20 Å². The number of anilines is 1. The number of sulfonamides is 1. The van der Waals surface area contributed by atoms with Crippen molar-refractivity contribution in [2.45, 2.75) is 25.8 Å². The van der Waals surface area contributed by atoms with Crippen LogP contribution in [0.5, 0.6) is 0 Å². The predicted molar refractivity (Wildman–Crippen MR) is 103 cm³/mol. The monoisotopic (exact) mass is 409 g/mol. The summed E-state index contributed by atoms with van der Waals surface area (Å²) in [5, 5.41) is 0. The highest BCUT2D eigenvalue weighted by Crippen LogP contribution is 2.25. The maximum atomic E-state index is 13.0. The minimum atomic E-state index is -3.18. The van der Waals surface area contributed by atoms with Crippen molar-refractivity contribution in [3.8, 4) is 0 Å². The maximum absolute atomic E-state index is 13.0. The Morgan fingerprint density at radius 2 is 1.86 bits per heavy atom. The summed E-state index contributed by atoms with van der Waals surface area (Å²) in [6, 6.07) is 0. The van der Waals surface area contributed by atoms with Gasteiger partial charge in [0.15, 0.2) is 0 Å². The van der Waals surface area contributed by atoms with Crippen LogP contribution in [-0.4, -0.2) is 85.7 Å². The number of hydrogen-bond acceptors (Lipinski definition) is 7. The Hall–Kier alpha value is -1.78. The van der Waals surface area contributed by atoms with E-state index in [2.05, 4.69) is 9.88 Å². The lowest BCUT2D eigenvalue weighted by Gasteiger charge is -2.35. The van der Waals surface area contributed by atoms with Crippen molar-refractivity contribution in [1.29, 1.82) is 0 Å². The Morgan fingerprint density at radius 1 is 1.14 bits per heavy atom. The summed E-state index contributed by atoms with van der Waals surface area (Å²) in [7, 11) is -3.18. The molecule has 4 rings (SSSR count). The molecule has 9 nitrogen and oxygen atoms in total. The SMILES string of the molecule is CS(=O)(=O)N1CCC(C(=O)N2CCc3cnc(N4CCOCC4)nc3C2)CC1. The van der Waals surface area contributed by atoms with Gasteiger partial charge in [-0.05, 0) is 24.8 Å². The third-order valence-corrected chi connectivity index (χ3v) is 7.11. The summed E-state index contributed by atoms with van der Waals surface area (Å²) in [6.45, 7) is 4.92. The van der Waals surface area contributed by atoms with E-state index in [1.54, 1.807) is 0 Å². The number of nitrogens with zero attached hydrogens (tertiary/aromatic N) is 5. The molecule has 0 saturated carbocycles. The van der Waals surface area contributed by atoms with Crippen LogP contribution < -0.4 is 4.90 Å². The Kier molecular flexibility index (Phi) is 5.52. The van der Waals surface area contributed by atoms with Crippen LogP contribution in [0.4, 0.5) is 5.95 Å². The van der Waals surface area contributed by atoms with E-state index in [-0.39, 0.29) is 11.8 Å². The molecule has 0 aliphatic carbocycles. The van der Waals surface area contributed by atoms with Gasteiger partial charge in [-0.1, -0.05) is 0 Å². The number of hydrogen-bond donors (Lipinski definition) is 0. The molecule has 0 bridgehead atoms. The second-order valence-electron chi connectivity index (χ2n) is 7.69. The molecule has 0 N–H and O–H groups in total. The summed E-state index contributed by atoms with van der Waals surface area (Å²) in [5.41, 5.74) is 2.03. The fourth-order valence-electron chi connectivity index (χ4n) is 4.09. The zero-order chi connectivity index (χ0) is 19.7. The van der Waals surface area contributed by atoms with Gasteiger partial charge in [0.2, 0.25) is 21.9 Å². The van der Waals surface area contributed by atoms with E-state index in [0.29, 0.717) is 58.2 Å². The molecule has 0 atom stereocenters. The Balaban J connectivity index is 1.41. The van der Waals surface area contributed by atoms with Gasteiger partial charge in [-0.3, -0.25) is 4.79 Å². The van der Waals surface area contributed by atoms with E-state index >= 15 is 0 Å². The molecule has 2 fully saturated rings. The first-order chi connectivity index (χ1) is 13.4. The number of ether oxygens (including phenoxy) is 1. The third-order valence-electron chi connectivity index (χ3n) is 5.81. The molecule has 28 heavy (non-hydrogen) atoms. The number of amides is 1. The van der Waals surface area contributed by atoms with E-state index in [9.17, 15) is 13.2 Å². The normalized spacial score (nSPS) is 22.2. The average molecular weight is 410 g/mol. The van der Waals surface area contributed by atoms with Crippen molar-refractivity contribution in [1.82, 2.24) is 19.2 Å². The molecule has 0 aromatic carbocycles. The Labute approximate surface area is 165 Å². The smallest absolute Gasteiger partial charge is 0.226 e. The first-order valence-electron chi connectivity index (χ1n) is 9.83. The largest absolute Gasteiger partial charge is 0.378 e. The number of fused-ring (bicyclic) bond motifs is 1. The number of rotatable bonds is 3. The second-order valence-corrected chi connectivity index (χ2v) is 9.67. The summed E-state index contributed by atoms with van der Waals surface area (Å²) < 4.78 is 30.2. The third kappa shape index (κ3) is 4.13. The van der Waals surface area contributed by atoms with Crippen molar-refractivity contribution in [2.24, 2.45) is 5.92 Å². The molecule has 3 aliphatic rings. The molecular weight excluding hydrogens is 382 g/mol. The quantitative estimate of drug-likeness (QED) is 0.686. The van der Waals surface area contributed by atoms with Crippen LogP contribution in [-0.2, 0) is 32.5 Å². The standard InChI is InChI=1S/C18H27N5O4S/c1-28(25,26)23-6-3-14(4-7-23)17(24)22-5-2-15-12-19-18(20-16(15)13-22)21-8-10-27-11-9-21/h12,14H,2-11,13H2,1H3. The lowest BCUT2D eigenvalue weighted by Crippen LogP contribution is -2.45. The van der Waals surface area contributed by atoms with E-state index in [1.807, 2.05) is 11.1 Å². The molecule has 2 saturated heterocycles. The lowest BCUT2D eigenvalue weighted by atomic mass is 9.95. The maximum Gasteiger partial charge on any atom is 0.226 e. The summed E-state index contributed by atoms with van der Waals surface area (Å²) >= 11 is 0. The first-order valence-corrected chi connectivity index (χ1v) is 11.7. The fourth-order valence-corrected chi connectivity index (χ4v) is 4.96. The average Bonchev–Trinajstić information content (AvgIpc) is 2.72. The van der Waals surface area contributed by atoms with Crippen molar-refractivity contribution in [3.05, 3.63) is 17.5 Å². The number of carbonyl (C=O) groups is 1. The highest BCUT2D eigenvalue weighted by atomic mass is 32.2. The minimum absolute atomic E-state index is 0.111.